The summed E-state index contributed by atoms with van der Waals surface area (Å²) in [6.45, 7) is 4.18. The Morgan fingerprint density at radius 1 is 1.25 bits per heavy atom. The number of H-pyrrole nitrogens is 1. The monoisotopic (exact) mass is 267 g/mol. The first-order valence-corrected chi connectivity index (χ1v) is 6.69. The number of nitrogens with zero attached hydrogens (tertiary/aromatic N) is 4. The third-order valence-electron chi connectivity index (χ3n) is 3.30. The molecule has 0 aromatic carbocycles. The summed E-state index contributed by atoms with van der Waals surface area (Å²) in [6, 6.07) is 8.21. The normalized spacial score (nSPS) is 12.5. The van der Waals surface area contributed by atoms with E-state index >= 15 is 0 Å². The van der Waals surface area contributed by atoms with Crippen molar-refractivity contribution in [1.82, 2.24) is 24.7 Å². The van der Waals surface area contributed by atoms with Crippen LogP contribution in [-0.4, -0.2) is 24.7 Å². The van der Waals surface area contributed by atoms with Crippen molar-refractivity contribution in [3.05, 3.63) is 54.2 Å². The summed E-state index contributed by atoms with van der Waals surface area (Å²) in [6.07, 6.45) is 6.46. The molecule has 0 saturated carbocycles. The fourth-order valence-corrected chi connectivity index (χ4v) is 2.34. The molecule has 0 unspecified atom stereocenters. The summed E-state index contributed by atoms with van der Waals surface area (Å²) in [5.74, 6) is 0.894. The van der Waals surface area contributed by atoms with Gasteiger partial charge in [-0.25, -0.2) is 4.98 Å². The topological polar surface area (TPSA) is 59.4 Å². The Morgan fingerprint density at radius 2 is 2.15 bits per heavy atom. The molecule has 0 amide bonds. The zero-order valence-electron chi connectivity index (χ0n) is 11.6. The molecule has 0 radical (unpaired) electrons. The van der Waals surface area contributed by atoms with Crippen LogP contribution in [0.25, 0.3) is 11.5 Å². The first kappa shape index (κ1) is 12.6. The molecule has 0 aliphatic heterocycles. The van der Waals surface area contributed by atoms with Crippen molar-refractivity contribution >= 4 is 0 Å². The summed E-state index contributed by atoms with van der Waals surface area (Å²) >= 11 is 0. The van der Waals surface area contributed by atoms with Gasteiger partial charge in [-0.3, -0.25) is 10.1 Å². The van der Waals surface area contributed by atoms with E-state index in [-0.39, 0.29) is 6.04 Å². The Bertz CT molecular complexity index is 683. The van der Waals surface area contributed by atoms with Crippen LogP contribution in [0.4, 0.5) is 0 Å². The Balaban J connectivity index is 1.86. The van der Waals surface area contributed by atoms with Gasteiger partial charge in [-0.2, -0.15) is 5.10 Å². The van der Waals surface area contributed by atoms with Crippen molar-refractivity contribution in [2.24, 2.45) is 0 Å². The average molecular weight is 267 g/mol. The Kier molecular flexibility index (Phi) is 3.33. The van der Waals surface area contributed by atoms with Crippen LogP contribution in [0, 0.1) is 6.92 Å². The summed E-state index contributed by atoms with van der Waals surface area (Å²) < 4.78 is 2.15. The Hall–Kier alpha value is -2.43. The Labute approximate surface area is 117 Å². The molecule has 0 fully saturated rings. The highest BCUT2D eigenvalue weighted by molar-refractivity contribution is 5.49. The van der Waals surface area contributed by atoms with Crippen molar-refractivity contribution in [3.8, 4) is 11.5 Å². The maximum absolute atomic E-state index is 4.43. The molecule has 1 atom stereocenters. The van der Waals surface area contributed by atoms with Crippen molar-refractivity contribution in [2.75, 3.05) is 0 Å². The number of aromatic amines is 1. The highest BCUT2D eigenvalue weighted by atomic mass is 15.1. The van der Waals surface area contributed by atoms with Crippen molar-refractivity contribution in [2.45, 2.75) is 26.3 Å². The first-order chi connectivity index (χ1) is 9.74. The van der Waals surface area contributed by atoms with Gasteiger partial charge in [0.1, 0.15) is 5.69 Å². The molecular weight excluding hydrogens is 250 g/mol. The van der Waals surface area contributed by atoms with Crippen molar-refractivity contribution in [3.63, 3.8) is 0 Å². The minimum absolute atomic E-state index is 0.275. The van der Waals surface area contributed by atoms with Gasteiger partial charge in [0.15, 0.2) is 5.82 Å². The molecular formula is C15H17N5. The molecule has 102 valence electrons. The highest BCUT2D eigenvalue weighted by Gasteiger charge is 2.14. The van der Waals surface area contributed by atoms with Crippen LogP contribution in [0.15, 0.2) is 42.9 Å². The van der Waals surface area contributed by atoms with E-state index in [0.29, 0.717) is 0 Å². The van der Waals surface area contributed by atoms with Gasteiger partial charge in [0.05, 0.1) is 5.69 Å². The molecule has 0 aliphatic rings. The molecule has 0 spiro atoms. The molecule has 5 nitrogen and oxygen atoms in total. The largest absolute Gasteiger partial charge is 0.327 e. The number of aryl methyl sites for hydroxylation is 1. The number of imidazole rings is 1. The van der Waals surface area contributed by atoms with E-state index in [4.69, 9.17) is 0 Å². The van der Waals surface area contributed by atoms with Crippen molar-refractivity contribution in [1.29, 1.82) is 0 Å². The highest BCUT2D eigenvalue weighted by Crippen LogP contribution is 2.21. The van der Waals surface area contributed by atoms with E-state index in [2.05, 4.69) is 37.7 Å². The summed E-state index contributed by atoms with van der Waals surface area (Å²) in [4.78, 5) is 8.80. The number of hydrogen-bond donors (Lipinski definition) is 1. The second-order valence-corrected chi connectivity index (χ2v) is 4.97. The number of pyridine rings is 1. The van der Waals surface area contributed by atoms with E-state index in [0.717, 1.165) is 29.3 Å². The van der Waals surface area contributed by atoms with Gasteiger partial charge in [-0.15, -0.1) is 0 Å². The van der Waals surface area contributed by atoms with Crippen LogP contribution >= 0.6 is 0 Å². The predicted molar refractivity (Wildman–Crippen MR) is 77.2 cm³/mol. The summed E-state index contributed by atoms with van der Waals surface area (Å²) in [5.41, 5.74) is 3.04. The second kappa shape index (κ2) is 5.28. The smallest absolute Gasteiger partial charge is 0.158 e. The van der Waals surface area contributed by atoms with Crippen LogP contribution in [-0.2, 0) is 6.42 Å². The van der Waals surface area contributed by atoms with E-state index in [1.807, 2.05) is 37.5 Å². The van der Waals surface area contributed by atoms with E-state index in [1.165, 1.54) is 0 Å². The molecule has 3 aromatic heterocycles. The number of rotatable bonds is 4. The van der Waals surface area contributed by atoms with E-state index in [1.54, 1.807) is 6.20 Å². The maximum Gasteiger partial charge on any atom is 0.158 e. The van der Waals surface area contributed by atoms with Gasteiger partial charge in [-0.05, 0) is 32.0 Å². The average Bonchev–Trinajstić information content (AvgIpc) is 3.09. The zero-order valence-corrected chi connectivity index (χ0v) is 11.6. The summed E-state index contributed by atoms with van der Waals surface area (Å²) in [7, 11) is 0. The van der Waals surface area contributed by atoms with Crippen molar-refractivity contribution < 1.29 is 0 Å². The third-order valence-corrected chi connectivity index (χ3v) is 3.30. The molecule has 0 saturated heterocycles. The molecule has 3 heterocycles. The van der Waals surface area contributed by atoms with Crippen LogP contribution in [0.3, 0.4) is 0 Å². The first-order valence-electron chi connectivity index (χ1n) is 6.69. The number of aromatic nitrogens is 5. The predicted octanol–water partition coefficient (Wildman–Crippen LogP) is 2.78. The maximum atomic E-state index is 4.43. The molecule has 0 aliphatic carbocycles. The molecule has 3 rings (SSSR count). The quantitative estimate of drug-likeness (QED) is 0.790. The minimum Gasteiger partial charge on any atom is -0.327 e. The minimum atomic E-state index is 0.275. The molecule has 5 heteroatoms. The van der Waals surface area contributed by atoms with Crippen LogP contribution < -0.4 is 0 Å². The molecule has 1 N–H and O–H groups in total. The number of hydrogen-bond acceptors (Lipinski definition) is 3. The number of nitrogens with one attached hydrogen (secondary N) is 1. The van der Waals surface area contributed by atoms with Gasteiger partial charge in [-0.1, -0.05) is 6.07 Å². The molecule has 3 aromatic rings. The van der Waals surface area contributed by atoms with E-state index < -0.39 is 0 Å². The SMILES string of the molecule is Cc1cc(C[C@H](C)n2ccnc2-c2ccccn2)n[nH]1. The lowest BCUT2D eigenvalue weighted by Crippen LogP contribution is -2.09. The lowest BCUT2D eigenvalue weighted by Gasteiger charge is -2.14. The summed E-state index contributed by atoms with van der Waals surface area (Å²) in [5, 5.41) is 7.27. The fraction of sp³-hybridized carbons (Fsp3) is 0.267. The van der Waals surface area contributed by atoms with Gasteiger partial charge < -0.3 is 4.57 Å². The van der Waals surface area contributed by atoms with Gasteiger partial charge in [0.2, 0.25) is 0 Å². The third kappa shape index (κ3) is 2.47. The van der Waals surface area contributed by atoms with Gasteiger partial charge in [0.25, 0.3) is 0 Å². The van der Waals surface area contributed by atoms with Crippen LogP contribution in [0.2, 0.25) is 0 Å². The van der Waals surface area contributed by atoms with Crippen LogP contribution in [0.1, 0.15) is 24.4 Å². The zero-order chi connectivity index (χ0) is 13.9. The molecule has 0 bridgehead atoms. The second-order valence-electron chi connectivity index (χ2n) is 4.97. The van der Waals surface area contributed by atoms with Gasteiger partial charge >= 0.3 is 0 Å². The lowest BCUT2D eigenvalue weighted by atomic mass is 10.1. The standard InChI is InChI=1S/C15H17N5/c1-11-9-13(19-18-11)10-12(2)20-8-7-17-15(20)14-5-3-4-6-16-14/h3-9,12H,10H2,1-2H3,(H,18,19)/t12-/m0/s1. The Morgan fingerprint density at radius 3 is 2.85 bits per heavy atom. The molecule has 20 heavy (non-hydrogen) atoms. The fourth-order valence-electron chi connectivity index (χ4n) is 2.34. The van der Waals surface area contributed by atoms with Gasteiger partial charge in [0, 0.05) is 36.7 Å². The van der Waals surface area contributed by atoms with Crippen LogP contribution in [0.5, 0.6) is 0 Å². The lowest BCUT2D eigenvalue weighted by molar-refractivity contribution is 0.542. The van der Waals surface area contributed by atoms with E-state index in [9.17, 15) is 0 Å².